The topological polar surface area (TPSA) is 64.3 Å². The van der Waals surface area contributed by atoms with Crippen LogP contribution in [-0.2, 0) is 10.3 Å². The molecular weight excluding hydrogens is 235 g/mol. The molecule has 0 aromatic heterocycles. The van der Waals surface area contributed by atoms with Crippen LogP contribution in [0.5, 0.6) is 5.75 Å². The molecule has 4 nitrogen and oxygen atoms in total. The first-order valence-electron chi connectivity index (χ1n) is 5.80. The Labute approximate surface area is 106 Å². The molecule has 18 heavy (non-hydrogen) atoms. The van der Waals surface area contributed by atoms with E-state index in [1.165, 1.54) is 13.2 Å². The van der Waals surface area contributed by atoms with Gasteiger partial charge in [0.1, 0.15) is 0 Å². The third kappa shape index (κ3) is 3.20. The third-order valence-electron chi connectivity index (χ3n) is 2.88. The number of amides is 1. The number of ether oxygens (including phenoxy) is 1. The van der Waals surface area contributed by atoms with Gasteiger partial charge in [-0.1, -0.05) is 13.0 Å². The minimum atomic E-state index is -0.673. The minimum absolute atomic E-state index is 0.104. The van der Waals surface area contributed by atoms with Gasteiger partial charge in [0.05, 0.1) is 7.11 Å². The summed E-state index contributed by atoms with van der Waals surface area (Å²) >= 11 is 0. The van der Waals surface area contributed by atoms with E-state index in [4.69, 9.17) is 10.5 Å². The summed E-state index contributed by atoms with van der Waals surface area (Å²) in [6.07, 6.45) is 0.104. The quantitative estimate of drug-likeness (QED) is 0.809. The molecule has 1 amide bonds. The van der Waals surface area contributed by atoms with Crippen molar-refractivity contribution in [2.75, 3.05) is 13.7 Å². The van der Waals surface area contributed by atoms with E-state index in [1.807, 2.05) is 13.8 Å². The molecule has 0 saturated heterocycles. The zero-order valence-corrected chi connectivity index (χ0v) is 10.9. The number of halogens is 1. The first kappa shape index (κ1) is 14.4. The Balaban J connectivity index is 3.13. The second-order valence-corrected chi connectivity index (χ2v) is 4.35. The maximum Gasteiger partial charge on any atom is 0.219 e. The summed E-state index contributed by atoms with van der Waals surface area (Å²) in [7, 11) is 1.41. The van der Waals surface area contributed by atoms with E-state index in [0.29, 0.717) is 12.1 Å². The van der Waals surface area contributed by atoms with Crippen molar-refractivity contribution < 1.29 is 13.9 Å². The van der Waals surface area contributed by atoms with Gasteiger partial charge in [-0.15, -0.1) is 0 Å². The molecule has 0 spiro atoms. The molecule has 1 unspecified atom stereocenters. The smallest absolute Gasteiger partial charge is 0.219 e. The van der Waals surface area contributed by atoms with E-state index in [2.05, 4.69) is 5.32 Å². The Hall–Kier alpha value is -1.62. The normalized spacial score (nSPS) is 14.0. The van der Waals surface area contributed by atoms with Crippen molar-refractivity contribution in [3.05, 3.63) is 29.6 Å². The van der Waals surface area contributed by atoms with E-state index in [0.717, 1.165) is 0 Å². The average Bonchev–Trinajstić information content (AvgIpc) is 2.28. The maximum absolute atomic E-state index is 13.7. The predicted molar refractivity (Wildman–Crippen MR) is 67.8 cm³/mol. The maximum atomic E-state index is 13.7. The fourth-order valence-electron chi connectivity index (χ4n) is 2.01. The van der Waals surface area contributed by atoms with E-state index in [-0.39, 0.29) is 12.2 Å². The fraction of sp³-hybridized carbons (Fsp3) is 0.462. The lowest BCUT2D eigenvalue weighted by atomic mass is 9.88. The van der Waals surface area contributed by atoms with Crippen LogP contribution in [0.2, 0.25) is 0 Å². The summed E-state index contributed by atoms with van der Waals surface area (Å²) in [5.41, 5.74) is 5.24. The molecule has 0 heterocycles. The molecule has 100 valence electrons. The van der Waals surface area contributed by atoms with Gasteiger partial charge in [0, 0.05) is 12.0 Å². The molecule has 1 rings (SSSR count). The number of benzene rings is 1. The molecule has 1 aromatic carbocycles. The molecule has 0 aliphatic heterocycles. The highest BCUT2D eigenvalue weighted by molar-refractivity contribution is 5.75. The molecule has 0 aliphatic rings. The molecule has 0 aliphatic carbocycles. The second-order valence-electron chi connectivity index (χ2n) is 4.35. The molecule has 1 atom stereocenters. The molecular formula is C13H19FN2O2. The number of primary amides is 1. The summed E-state index contributed by atoms with van der Waals surface area (Å²) in [6.45, 7) is 4.39. The Morgan fingerprint density at radius 3 is 2.67 bits per heavy atom. The van der Waals surface area contributed by atoms with Gasteiger partial charge in [-0.25, -0.2) is 4.39 Å². The summed E-state index contributed by atoms with van der Waals surface area (Å²) in [4.78, 5) is 11.1. The largest absolute Gasteiger partial charge is 0.494 e. The molecule has 0 bridgehead atoms. The number of nitrogens with two attached hydrogens (primary N) is 1. The van der Waals surface area contributed by atoms with E-state index in [9.17, 15) is 9.18 Å². The zero-order chi connectivity index (χ0) is 13.8. The van der Waals surface area contributed by atoms with Crippen LogP contribution < -0.4 is 15.8 Å². The van der Waals surface area contributed by atoms with Crippen LogP contribution in [0.3, 0.4) is 0 Å². The van der Waals surface area contributed by atoms with Crippen molar-refractivity contribution in [3.8, 4) is 5.75 Å². The predicted octanol–water partition coefficient (Wildman–Crippen LogP) is 1.53. The van der Waals surface area contributed by atoms with Crippen molar-refractivity contribution in [3.63, 3.8) is 0 Å². The van der Waals surface area contributed by atoms with Crippen molar-refractivity contribution in [2.45, 2.75) is 25.8 Å². The van der Waals surface area contributed by atoms with Crippen LogP contribution in [0.15, 0.2) is 18.2 Å². The first-order valence-corrected chi connectivity index (χ1v) is 5.80. The Morgan fingerprint density at radius 1 is 1.56 bits per heavy atom. The van der Waals surface area contributed by atoms with Crippen molar-refractivity contribution in [1.82, 2.24) is 5.32 Å². The van der Waals surface area contributed by atoms with E-state index < -0.39 is 17.3 Å². The number of rotatable bonds is 6. The van der Waals surface area contributed by atoms with Crippen LogP contribution in [0.25, 0.3) is 0 Å². The summed E-state index contributed by atoms with van der Waals surface area (Å²) in [5, 5.41) is 3.16. The molecule has 3 N–H and O–H groups in total. The molecule has 1 aromatic rings. The van der Waals surface area contributed by atoms with E-state index >= 15 is 0 Å². The van der Waals surface area contributed by atoms with Gasteiger partial charge in [-0.2, -0.15) is 0 Å². The van der Waals surface area contributed by atoms with Gasteiger partial charge in [0.2, 0.25) is 5.91 Å². The van der Waals surface area contributed by atoms with Crippen molar-refractivity contribution >= 4 is 5.91 Å². The standard InChI is InChI=1S/C13H19FN2O2/c1-4-16-13(2,8-12(15)17)9-5-6-11(18-3)10(14)7-9/h5-7,16H,4,8H2,1-3H3,(H2,15,17). The minimum Gasteiger partial charge on any atom is -0.494 e. The summed E-state index contributed by atoms with van der Waals surface area (Å²) in [5.74, 6) is -0.713. The zero-order valence-electron chi connectivity index (χ0n) is 10.9. The summed E-state index contributed by atoms with van der Waals surface area (Å²) in [6, 6.07) is 4.64. The number of hydrogen-bond donors (Lipinski definition) is 2. The van der Waals surface area contributed by atoms with Gasteiger partial charge in [0.15, 0.2) is 11.6 Å². The molecule has 0 saturated carbocycles. The lowest BCUT2D eigenvalue weighted by Gasteiger charge is -2.30. The lowest BCUT2D eigenvalue weighted by molar-refractivity contribution is -0.119. The van der Waals surface area contributed by atoms with Crippen molar-refractivity contribution in [1.29, 1.82) is 0 Å². The van der Waals surface area contributed by atoms with Crippen LogP contribution in [0.4, 0.5) is 4.39 Å². The first-order chi connectivity index (χ1) is 8.42. The van der Waals surface area contributed by atoms with Crippen LogP contribution in [0.1, 0.15) is 25.8 Å². The van der Waals surface area contributed by atoms with Gasteiger partial charge >= 0.3 is 0 Å². The Bertz CT molecular complexity index is 437. The van der Waals surface area contributed by atoms with Crippen LogP contribution in [0, 0.1) is 5.82 Å². The van der Waals surface area contributed by atoms with Crippen molar-refractivity contribution in [2.24, 2.45) is 5.73 Å². The highest BCUT2D eigenvalue weighted by Gasteiger charge is 2.28. The Kier molecular flexibility index (Phi) is 4.67. The molecule has 0 radical (unpaired) electrons. The molecule has 5 heteroatoms. The monoisotopic (exact) mass is 254 g/mol. The van der Waals surface area contributed by atoms with Gasteiger partial charge in [0.25, 0.3) is 0 Å². The highest BCUT2D eigenvalue weighted by Crippen LogP contribution is 2.28. The SMILES string of the molecule is CCNC(C)(CC(N)=O)c1ccc(OC)c(F)c1. The number of nitrogens with one attached hydrogen (secondary N) is 1. The number of hydrogen-bond acceptors (Lipinski definition) is 3. The Morgan fingerprint density at radius 2 is 2.22 bits per heavy atom. The fourth-order valence-corrected chi connectivity index (χ4v) is 2.01. The lowest BCUT2D eigenvalue weighted by Crippen LogP contribution is -2.42. The van der Waals surface area contributed by atoms with Gasteiger partial charge in [-0.3, -0.25) is 4.79 Å². The van der Waals surface area contributed by atoms with E-state index in [1.54, 1.807) is 12.1 Å². The number of methoxy groups -OCH3 is 1. The number of carbonyl (C=O) groups is 1. The third-order valence-corrected chi connectivity index (χ3v) is 2.88. The van der Waals surface area contributed by atoms with Crippen LogP contribution >= 0.6 is 0 Å². The second kappa shape index (κ2) is 5.82. The highest BCUT2D eigenvalue weighted by atomic mass is 19.1. The number of carbonyl (C=O) groups excluding carboxylic acids is 1. The molecule has 0 fully saturated rings. The van der Waals surface area contributed by atoms with Gasteiger partial charge < -0.3 is 15.8 Å². The van der Waals surface area contributed by atoms with Gasteiger partial charge in [-0.05, 0) is 31.2 Å². The van der Waals surface area contributed by atoms with Crippen LogP contribution in [-0.4, -0.2) is 19.6 Å². The average molecular weight is 254 g/mol. The summed E-state index contributed by atoms with van der Waals surface area (Å²) < 4.78 is 18.6.